The van der Waals surface area contributed by atoms with Gasteiger partial charge in [-0.2, -0.15) is 0 Å². The second-order valence-electron chi connectivity index (χ2n) is 8.54. The van der Waals surface area contributed by atoms with E-state index in [-0.39, 0.29) is 23.6 Å². The topological polar surface area (TPSA) is 122 Å². The lowest BCUT2D eigenvalue weighted by atomic mass is 10.1. The fraction of sp³-hybridized carbons (Fsp3) is 0.276. The van der Waals surface area contributed by atoms with Crippen LogP contribution in [-0.2, 0) is 17.6 Å². The third-order valence-corrected chi connectivity index (χ3v) is 5.87. The number of methoxy groups -OCH3 is 1. The van der Waals surface area contributed by atoms with Gasteiger partial charge in [-0.3, -0.25) is 4.79 Å². The van der Waals surface area contributed by atoms with Gasteiger partial charge in [0.25, 0.3) is 0 Å². The first-order valence-electron chi connectivity index (χ1n) is 12.1. The van der Waals surface area contributed by atoms with Crippen molar-refractivity contribution in [2.24, 2.45) is 0 Å². The molecule has 0 unspecified atom stereocenters. The number of amides is 1. The van der Waals surface area contributed by atoms with E-state index in [1.54, 1.807) is 13.2 Å². The molecular weight excluding hydrogens is 474 g/mol. The van der Waals surface area contributed by atoms with E-state index in [0.717, 1.165) is 43.4 Å². The predicted molar refractivity (Wildman–Crippen MR) is 140 cm³/mol. The predicted octanol–water partition coefficient (Wildman–Crippen LogP) is 5.45. The van der Waals surface area contributed by atoms with Crippen LogP contribution < -0.4 is 14.8 Å². The number of benzene rings is 3. The summed E-state index contributed by atoms with van der Waals surface area (Å²) in [4.78, 5) is 34.9. The van der Waals surface area contributed by atoms with Crippen LogP contribution in [0, 0.1) is 0 Å². The Morgan fingerprint density at radius 2 is 1.57 bits per heavy atom. The Bertz CT molecular complexity index is 1220. The molecule has 0 aromatic heterocycles. The molecule has 194 valence electrons. The zero-order valence-corrected chi connectivity index (χ0v) is 20.7. The number of hydrogen-bond donors (Lipinski definition) is 3. The molecule has 0 spiro atoms. The van der Waals surface area contributed by atoms with Crippen molar-refractivity contribution in [1.82, 2.24) is 0 Å². The summed E-state index contributed by atoms with van der Waals surface area (Å²) in [5.74, 6) is -1.75. The molecule has 37 heavy (non-hydrogen) atoms. The van der Waals surface area contributed by atoms with Crippen molar-refractivity contribution in [1.29, 1.82) is 0 Å². The molecule has 0 aliphatic heterocycles. The lowest BCUT2D eigenvalue weighted by molar-refractivity contribution is -0.116. The van der Waals surface area contributed by atoms with Crippen molar-refractivity contribution < 1.29 is 34.1 Å². The number of anilines is 1. The first kappa shape index (κ1) is 27.3. The van der Waals surface area contributed by atoms with Gasteiger partial charge < -0.3 is 25.0 Å². The number of hydrogen-bond acceptors (Lipinski definition) is 5. The Morgan fingerprint density at radius 1 is 0.811 bits per heavy atom. The normalized spacial score (nSPS) is 10.5. The molecule has 0 aliphatic carbocycles. The SMILES string of the molecule is COc1cc(OCCCCCc2ccccc2)ccc1CCC(=O)Nc1ccc(C(=O)O)c(C(=O)O)c1. The summed E-state index contributed by atoms with van der Waals surface area (Å²) in [6.45, 7) is 0.610. The van der Waals surface area contributed by atoms with Crippen LogP contribution in [0.3, 0.4) is 0 Å². The zero-order valence-electron chi connectivity index (χ0n) is 20.7. The van der Waals surface area contributed by atoms with E-state index >= 15 is 0 Å². The summed E-state index contributed by atoms with van der Waals surface area (Å²) in [6.07, 6.45) is 4.72. The van der Waals surface area contributed by atoms with Gasteiger partial charge in [-0.05, 0) is 67.5 Å². The average molecular weight is 506 g/mol. The van der Waals surface area contributed by atoms with Crippen LogP contribution in [0.25, 0.3) is 0 Å². The minimum atomic E-state index is -1.38. The minimum absolute atomic E-state index is 0.126. The van der Waals surface area contributed by atoms with Crippen LogP contribution in [0.5, 0.6) is 11.5 Å². The maximum absolute atomic E-state index is 12.4. The fourth-order valence-electron chi connectivity index (χ4n) is 3.92. The first-order chi connectivity index (χ1) is 17.9. The molecular formula is C29H31NO7. The molecule has 3 aromatic rings. The third kappa shape index (κ3) is 8.38. The Morgan fingerprint density at radius 3 is 2.27 bits per heavy atom. The van der Waals surface area contributed by atoms with Crippen LogP contribution in [-0.4, -0.2) is 41.8 Å². The number of rotatable bonds is 14. The number of unbranched alkanes of at least 4 members (excludes halogenated alkanes) is 2. The van der Waals surface area contributed by atoms with Gasteiger partial charge in [-0.25, -0.2) is 9.59 Å². The monoisotopic (exact) mass is 505 g/mol. The van der Waals surface area contributed by atoms with E-state index in [2.05, 4.69) is 29.6 Å². The Labute approximate surface area is 215 Å². The molecule has 0 bridgehead atoms. The highest BCUT2D eigenvalue weighted by Gasteiger charge is 2.17. The maximum atomic E-state index is 12.4. The van der Waals surface area contributed by atoms with Gasteiger partial charge in [0.05, 0.1) is 24.8 Å². The molecule has 0 saturated heterocycles. The molecule has 0 atom stereocenters. The van der Waals surface area contributed by atoms with Crippen molar-refractivity contribution in [3.8, 4) is 11.5 Å². The van der Waals surface area contributed by atoms with E-state index in [9.17, 15) is 19.5 Å². The van der Waals surface area contributed by atoms with Gasteiger partial charge in [-0.15, -0.1) is 0 Å². The van der Waals surface area contributed by atoms with Gasteiger partial charge in [-0.1, -0.05) is 36.4 Å². The molecule has 8 heteroatoms. The quantitative estimate of drug-likeness (QED) is 0.249. The highest BCUT2D eigenvalue weighted by atomic mass is 16.5. The van der Waals surface area contributed by atoms with Crippen molar-refractivity contribution >= 4 is 23.5 Å². The third-order valence-electron chi connectivity index (χ3n) is 5.87. The molecule has 3 rings (SSSR count). The zero-order chi connectivity index (χ0) is 26.6. The minimum Gasteiger partial charge on any atom is -0.496 e. The summed E-state index contributed by atoms with van der Waals surface area (Å²) in [5, 5.41) is 21.0. The van der Waals surface area contributed by atoms with E-state index in [0.29, 0.717) is 24.5 Å². The first-order valence-corrected chi connectivity index (χ1v) is 12.1. The molecule has 0 aliphatic rings. The standard InChI is InChI=1S/C29H31NO7/c1-36-26-19-23(37-17-7-3-6-10-20-8-4-2-5-9-20)14-11-21(26)12-16-27(31)30-22-13-15-24(28(32)33)25(18-22)29(34)35/h2,4-5,8-9,11,13-15,18-19H,3,6-7,10,12,16-17H2,1H3,(H,30,31)(H,32,33)(H,34,35). The van der Waals surface area contributed by atoms with Crippen LogP contribution in [0.4, 0.5) is 5.69 Å². The number of ether oxygens (including phenoxy) is 2. The average Bonchev–Trinajstić information content (AvgIpc) is 2.90. The number of nitrogens with one attached hydrogen (secondary N) is 1. The van der Waals surface area contributed by atoms with Gasteiger partial charge >= 0.3 is 11.9 Å². The number of carboxylic acids is 2. The summed E-state index contributed by atoms with van der Waals surface area (Å²) < 4.78 is 11.3. The second kappa shape index (κ2) is 13.7. The molecule has 3 N–H and O–H groups in total. The van der Waals surface area contributed by atoms with Crippen LogP contribution in [0.2, 0.25) is 0 Å². The Balaban J connectivity index is 1.46. The largest absolute Gasteiger partial charge is 0.496 e. The summed E-state index contributed by atoms with van der Waals surface area (Å²) in [6, 6.07) is 19.6. The maximum Gasteiger partial charge on any atom is 0.336 e. The molecule has 8 nitrogen and oxygen atoms in total. The van der Waals surface area contributed by atoms with E-state index in [4.69, 9.17) is 14.6 Å². The Kier molecular flexibility index (Phi) is 10.1. The van der Waals surface area contributed by atoms with Gasteiger partial charge in [0.2, 0.25) is 5.91 Å². The lowest BCUT2D eigenvalue weighted by Crippen LogP contribution is -2.14. The Hall–Kier alpha value is -4.33. The molecule has 0 saturated carbocycles. The summed E-state index contributed by atoms with van der Waals surface area (Å²) in [5.41, 5.74) is 1.66. The lowest BCUT2D eigenvalue weighted by Gasteiger charge is -2.12. The fourth-order valence-corrected chi connectivity index (χ4v) is 3.92. The van der Waals surface area contributed by atoms with Crippen LogP contribution in [0.15, 0.2) is 66.7 Å². The van der Waals surface area contributed by atoms with Gasteiger partial charge in [0, 0.05) is 18.2 Å². The number of aryl methyl sites for hydroxylation is 2. The summed E-state index contributed by atoms with van der Waals surface area (Å²) >= 11 is 0. The van der Waals surface area contributed by atoms with Crippen molar-refractivity contribution in [3.05, 3.63) is 89.0 Å². The van der Waals surface area contributed by atoms with E-state index in [1.807, 2.05) is 18.2 Å². The summed E-state index contributed by atoms with van der Waals surface area (Å²) in [7, 11) is 1.56. The van der Waals surface area contributed by atoms with Gasteiger partial charge in [0.15, 0.2) is 0 Å². The number of carbonyl (C=O) groups is 3. The van der Waals surface area contributed by atoms with Crippen molar-refractivity contribution in [2.45, 2.75) is 38.5 Å². The van der Waals surface area contributed by atoms with Crippen molar-refractivity contribution in [2.75, 3.05) is 19.0 Å². The molecule has 0 radical (unpaired) electrons. The molecule has 3 aromatic carbocycles. The number of carboxylic acid groups (broad SMARTS) is 2. The molecule has 0 fully saturated rings. The molecule has 0 heterocycles. The molecule has 1 amide bonds. The highest BCUT2D eigenvalue weighted by molar-refractivity contribution is 6.03. The van der Waals surface area contributed by atoms with Crippen LogP contribution >= 0.6 is 0 Å². The smallest absolute Gasteiger partial charge is 0.336 e. The second-order valence-corrected chi connectivity index (χ2v) is 8.54. The number of aromatic carboxylic acids is 2. The van der Waals surface area contributed by atoms with Gasteiger partial charge in [0.1, 0.15) is 11.5 Å². The van der Waals surface area contributed by atoms with Crippen LogP contribution in [0.1, 0.15) is 57.5 Å². The van der Waals surface area contributed by atoms with E-state index < -0.39 is 17.5 Å². The van der Waals surface area contributed by atoms with E-state index in [1.165, 1.54) is 11.6 Å². The van der Waals surface area contributed by atoms with Crippen molar-refractivity contribution in [3.63, 3.8) is 0 Å². The number of carbonyl (C=O) groups excluding carboxylic acids is 1. The highest BCUT2D eigenvalue weighted by Crippen LogP contribution is 2.26.